The molecule has 24 heavy (non-hydrogen) atoms. The van der Waals surface area contributed by atoms with E-state index >= 15 is 0 Å². The summed E-state index contributed by atoms with van der Waals surface area (Å²) < 4.78 is 5.83. The largest absolute Gasteiger partial charge is 0.457 e. The SMILES string of the molecule is Cc1ccc(Oc2ccc(Nc3ncnc4[nH]ncc34)cc2)cc1. The monoisotopic (exact) mass is 317 g/mol. The zero-order valence-corrected chi connectivity index (χ0v) is 13.0. The second-order valence-electron chi connectivity index (χ2n) is 5.42. The molecule has 0 saturated carbocycles. The summed E-state index contributed by atoms with van der Waals surface area (Å²) in [6.45, 7) is 2.05. The molecule has 2 aromatic carbocycles. The van der Waals surface area contributed by atoms with Crippen LogP contribution in [0.25, 0.3) is 11.0 Å². The van der Waals surface area contributed by atoms with Gasteiger partial charge in [-0.1, -0.05) is 17.7 Å². The minimum atomic E-state index is 0.701. The lowest BCUT2D eigenvalue weighted by Gasteiger charge is -2.09. The number of nitrogens with zero attached hydrogens (tertiary/aromatic N) is 3. The zero-order chi connectivity index (χ0) is 16.4. The highest BCUT2D eigenvalue weighted by Gasteiger charge is 2.05. The van der Waals surface area contributed by atoms with Gasteiger partial charge in [0.25, 0.3) is 0 Å². The van der Waals surface area contributed by atoms with Gasteiger partial charge >= 0.3 is 0 Å². The Labute approximate surface area is 138 Å². The van der Waals surface area contributed by atoms with Gasteiger partial charge in [-0.25, -0.2) is 9.97 Å². The summed E-state index contributed by atoms with van der Waals surface area (Å²) in [6, 6.07) is 15.7. The number of benzene rings is 2. The topological polar surface area (TPSA) is 75.7 Å². The molecule has 2 N–H and O–H groups in total. The minimum absolute atomic E-state index is 0.701. The van der Waals surface area contributed by atoms with Crippen molar-refractivity contribution in [1.82, 2.24) is 20.2 Å². The van der Waals surface area contributed by atoms with Gasteiger partial charge in [-0.3, -0.25) is 5.10 Å². The van der Waals surface area contributed by atoms with Crippen LogP contribution in [0.2, 0.25) is 0 Å². The molecule has 0 aliphatic heterocycles. The fourth-order valence-corrected chi connectivity index (χ4v) is 2.35. The van der Waals surface area contributed by atoms with Crippen LogP contribution >= 0.6 is 0 Å². The Morgan fingerprint density at radius 1 is 0.917 bits per heavy atom. The number of aromatic nitrogens is 4. The van der Waals surface area contributed by atoms with Gasteiger partial charge in [0.15, 0.2) is 5.65 Å². The first-order valence-corrected chi connectivity index (χ1v) is 7.54. The summed E-state index contributed by atoms with van der Waals surface area (Å²) >= 11 is 0. The molecule has 2 heterocycles. The number of rotatable bonds is 4. The van der Waals surface area contributed by atoms with Crippen LogP contribution in [0.3, 0.4) is 0 Å². The number of hydrogen-bond acceptors (Lipinski definition) is 5. The Hall–Kier alpha value is -3.41. The van der Waals surface area contributed by atoms with Crippen LogP contribution in [0, 0.1) is 6.92 Å². The first kappa shape index (κ1) is 14.2. The molecule has 0 atom stereocenters. The second kappa shape index (κ2) is 6.00. The predicted octanol–water partition coefficient (Wildman–Crippen LogP) is 4.20. The van der Waals surface area contributed by atoms with Crippen molar-refractivity contribution >= 4 is 22.5 Å². The van der Waals surface area contributed by atoms with Crippen LogP contribution in [0.1, 0.15) is 5.56 Å². The van der Waals surface area contributed by atoms with Gasteiger partial charge in [0.2, 0.25) is 0 Å². The van der Waals surface area contributed by atoms with Gasteiger partial charge in [-0.15, -0.1) is 0 Å². The molecule has 0 aliphatic carbocycles. The van der Waals surface area contributed by atoms with Crippen molar-refractivity contribution in [3.8, 4) is 11.5 Å². The molecule has 0 unspecified atom stereocenters. The van der Waals surface area contributed by atoms with Gasteiger partial charge in [-0.05, 0) is 43.3 Å². The van der Waals surface area contributed by atoms with Crippen LogP contribution in [0.15, 0.2) is 61.1 Å². The fraction of sp³-hybridized carbons (Fsp3) is 0.0556. The van der Waals surface area contributed by atoms with Crippen molar-refractivity contribution in [3.05, 3.63) is 66.6 Å². The third kappa shape index (κ3) is 2.89. The van der Waals surface area contributed by atoms with Crippen LogP contribution in [-0.2, 0) is 0 Å². The summed E-state index contributed by atoms with van der Waals surface area (Å²) in [7, 11) is 0. The maximum Gasteiger partial charge on any atom is 0.160 e. The van der Waals surface area contributed by atoms with Crippen LogP contribution in [0.4, 0.5) is 11.5 Å². The average molecular weight is 317 g/mol. The Morgan fingerprint density at radius 3 is 2.38 bits per heavy atom. The van der Waals surface area contributed by atoms with E-state index in [-0.39, 0.29) is 0 Å². The van der Waals surface area contributed by atoms with Crippen molar-refractivity contribution in [3.63, 3.8) is 0 Å². The lowest BCUT2D eigenvalue weighted by Crippen LogP contribution is -1.95. The molecule has 0 fully saturated rings. The van der Waals surface area contributed by atoms with Gasteiger partial charge in [0.05, 0.1) is 11.6 Å². The number of hydrogen-bond donors (Lipinski definition) is 2. The Bertz CT molecular complexity index is 961. The molecule has 0 radical (unpaired) electrons. The third-order valence-electron chi connectivity index (χ3n) is 3.62. The number of H-pyrrole nitrogens is 1. The maximum absolute atomic E-state index is 5.83. The van der Waals surface area contributed by atoms with E-state index in [0.717, 1.165) is 22.6 Å². The third-order valence-corrected chi connectivity index (χ3v) is 3.62. The Morgan fingerprint density at radius 2 is 1.62 bits per heavy atom. The quantitative estimate of drug-likeness (QED) is 0.590. The van der Waals surface area contributed by atoms with E-state index in [4.69, 9.17) is 4.74 Å². The van der Waals surface area contributed by atoms with E-state index in [1.165, 1.54) is 11.9 Å². The Balaban J connectivity index is 1.51. The first-order valence-electron chi connectivity index (χ1n) is 7.54. The highest BCUT2D eigenvalue weighted by Crippen LogP contribution is 2.26. The van der Waals surface area contributed by atoms with Crippen molar-refractivity contribution < 1.29 is 4.74 Å². The van der Waals surface area contributed by atoms with E-state index < -0.39 is 0 Å². The summed E-state index contributed by atoms with van der Waals surface area (Å²) in [5.41, 5.74) is 2.82. The van der Waals surface area contributed by atoms with Crippen molar-refractivity contribution in [2.75, 3.05) is 5.32 Å². The summed E-state index contributed by atoms with van der Waals surface area (Å²) in [4.78, 5) is 8.38. The molecular formula is C18H15N5O. The molecule has 0 amide bonds. The molecular weight excluding hydrogens is 302 g/mol. The number of ether oxygens (including phenoxy) is 1. The number of anilines is 2. The van der Waals surface area contributed by atoms with E-state index in [0.29, 0.717) is 11.5 Å². The molecule has 0 spiro atoms. The maximum atomic E-state index is 5.83. The van der Waals surface area contributed by atoms with E-state index in [1.807, 2.05) is 55.5 Å². The molecule has 2 aromatic heterocycles. The number of aromatic amines is 1. The summed E-state index contributed by atoms with van der Waals surface area (Å²) in [5.74, 6) is 2.30. The number of fused-ring (bicyclic) bond motifs is 1. The lowest BCUT2D eigenvalue weighted by atomic mass is 10.2. The molecule has 6 heteroatoms. The van der Waals surface area contributed by atoms with Gasteiger partial charge in [-0.2, -0.15) is 5.10 Å². The lowest BCUT2D eigenvalue weighted by molar-refractivity contribution is 0.482. The smallest absolute Gasteiger partial charge is 0.160 e. The summed E-state index contributed by atoms with van der Waals surface area (Å²) in [6.07, 6.45) is 3.20. The molecule has 4 aromatic rings. The second-order valence-corrected chi connectivity index (χ2v) is 5.42. The van der Waals surface area contributed by atoms with E-state index in [2.05, 4.69) is 25.5 Å². The van der Waals surface area contributed by atoms with Gasteiger partial charge < -0.3 is 10.1 Å². The molecule has 4 rings (SSSR count). The molecule has 0 bridgehead atoms. The van der Waals surface area contributed by atoms with Crippen molar-refractivity contribution in [2.24, 2.45) is 0 Å². The first-order chi connectivity index (χ1) is 11.8. The van der Waals surface area contributed by atoms with Crippen LogP contribution in [0.5, 0.6) is 11.5 Å². The van der Waals surface area contributed by atoms with Crippen molar-refractivity contribution in [2.45, 2.75) is 6.92 Å². The highest BCUT2D eigenvalue weighted by atomic mass is 16.5. The fourth-order valence-electron chi connectivity index (χ4n) is 2.35. The zero-order valence-electron chi connectivity index (χ0n) is 13.0. The van der Waals surface area contributed by atoms with E-state index in [1.54, 1.807) is 6.20 Å². The molecule has 0 saturated heterocycles. The molecule has 118 valence electrons. The number of nitrogens with one attached hydrogen (secondary N) is 2. The highest BCUT2D eigenvalue weighted by molar-refractivity contribution is 5.87. The van der Waals surface area contributed by atoms with Crippen LogP contribution in [-0.4, -0.2) is 20.2 Å². The van der Waals surface area contributed by atoms with Crippen molar-refractivity contribution in [1.29, 1.82) is 0 Å². The standard InChI is InChI=1S/C18H15N5O/c1-12-2-6-14(7-3-12)24-15-8-4-13(5-9-15)22-17-16-10-21-23-18(16)20-11-19-17/h2-11H,1H3,(H2,19,20,21,22,23). The molecule has 0 aliphatic rings. The Kier molecular flexibility index (Phi) is 3.55. The average Bonchev–Trinajstić information content (AvgIpc) is 3.08. The normalized spacial score (nSPS) is 10.7. The molecule has 6 nitrogen and oxygen atoms in total. The van der Waals surface area contributed by atoms with E-state index in [9.17, 15) is 0 Å². The summed E-state index contributed by atoms with van der Waals surface area (Å²) in [5, 5.41) is 10.9. The predicted molar refractivity (Wildman–Crippen MR) is 92.7 cm³/mol. The van der Waals surface area contributed by atoms with Gasteiger partial charge in [0, 0.05) is 5.69 Å². The minimum Gasteiger partial charge on any atom is -0.457 e. The van der Waals surface area contributed by atoms with Crippen LogP contribution < -0.4 is 10.1 Å². The van der Waals surface area contributed by atoms with Gasteiger partial charge in [0.1, 0.15) is 23.6 Å². The number of aryl methyl sites for hydroxylation is 1.